The summed E-state index contributed by atoms with van der Waals surface area (Å²) in [6.07, 6.45) is 2.96. The highest BCUT2D eigenvalue weighted by Gasteiger charge is 2.22. The van der Waals surface area contributed by atoms with Crippen LogP contribution in [-0.4, -0.2) is 62.3 Å². The Morgan fingerprint density at radius 1 is 1.20 bits per heavy atom. The van der Waals surface area contributed by atoms with E-state index in [9.17, 15) is 0 Å². The summed E-state index contributed by atoms with van der Waals surface area (Å²) in [6.45, 7) is 9.33. The maximum atomic E-state index is 5.90. The van der Waals surface area contributed by atoms with Gasteiger partial charge in [-0.05, 0) is 25.8 Å². The molecule has 0 bridgehead atoms. The van der Waals surface area contributed by atoms with E-state index in [0.717, 1.165) is 19.1 Å². The minimum absolute atomic E-state index is 0.528. The Hall–Kier alpha value is -0.120. The Balaban J connectivity index is 1.51. The molecule has 0 unspecified atom stereocenters. The van der Waals surface area contributed by atoms with Crippen molar-refractivity contribution in [3.63, 3.8) is 0 Å². The topological polar surface area (TPSA) is 15.7 Å². The second kappa shape index (κ2) is 5.28. The zero-order chi connectivity index (χ0) is 10.7. The van der Waals surface area contributed by atoms with Crippen molar-refractivity contribution < 1.29 is 4.74 Å². The van der Waals surface area contributed by atoms with Crippen LogP contribution in [0.4, 0.5) is 0 Å². The third kappa shape index (κ3) is 3.44. The highest BCUT2D eigenvalue weighted by molar-refractivity contribution is 4.76. The summed E-state index contributed by atoms with van der Waals surface area (Å²) in [4.78, 5) is 4.87. The van der Waals surface area contributed by atoms with Crippen molar-refractivity contribution in [1.29, 1.82) is 0 Å². The largest absolute Gasteiger partial charge is 0.377 e. The third-order valence-electron chi connectivity index (χ3n) is 3.57. The van der Waals surface area contributed by atoms with E-state index in [4.69, 9.17) is 4.74 Å². The number of rotatable bonds is 4. The first-order valence-corrected chi connectivity index (χ1v) is 6.26. The minimum atomic E-state index is 0.528. The van der Waals surface area contributed by atoms with Crippen LogP contribution in [0.3, 0.4) is 0 Å². The number of hydrogen-bond acceptors (Lipinski definition) is 3. The van der Waals surface area contributed by atoms with Crippen LogP contribution in [0.25, 0.3) is 0 Å². The van der Waals surface area contributed by atoms with Crippen LogP contribution in [0.5, 0.6) is 0 Å². The number of hydrogen-bond donors (Lipinski definition) is 0. The van der Waals surface area contributed by atoms with Crippen molar-refractivity contribution in [2.45, 2.75) is 25.9 Å². The van der Waals surface area contributed by atoms with Crippen molar-refractivity contribution in [3.05, 3.63) is 0 Å². The SMILES string of the molecule is CC1CN(CCOC2CCN(C)CC2)C1. The van der Waals surface area contributed by atoms with Crippen molar-refractivity contribution in [2.75, 3.05) is 46.4 Å². The first kappa shape index (κ1) is 11.4. The Morgan fingerprint density at radius 2 is 1.87 bits per heavy atom. The molecule has 0 aromatic rings. The molecule has 2 heterocycles. The van der Waals surface area contributed by atoms with E-state index in [1.807, 2.05) is 0 Å². The van der Waals surface area contributed by atoms with Gasteiger partial charge >= 0.3 is 0 Å². The van der Waals surface area contributed by atoms with Gasteiger partial charge in [-0.3, -0.25) is 0 Å². The molecule has 2 saturated heterocycles. The molecule has 0 radical (unpaired) electrons. The van der Waals surface area contributed by atoms with Gasteiger partial charge < -0.3 is 14.5 Å². The summed E-state index contributed by atoms with van der Waals surface area (Å²) in [5.74, 6) is 0.910. The molecule has 0 amide bonds. The molecule has 0 aromatic carbocycles. The van der Waals surface area contributed by atoms with Crippen molar-refractivity contribution in [1.82, 2.24) is 9.80 Å². The fraction of sp³-hybridized carbons (Fsp3) is 1.00. The van der Waals surface area contributed by atoms with Gasteiger partial charge in [-0.15, -0.1) is 0 Å². The Kier molecular flexibility index (Phi) is 4.00. The van der Waals surface area contributed by atoms with E-state index in [2.05, 4.69) is 23.8 Å². The summed E-state index contributed by atoms with van der Waals surface area (Å²) in [5, 5.41) is 0. The van der Waals surface area contributed by atoms with E-state index in [-0.39, 0.29) is 0 Å². The van der Waals surface area contributed by atoms with E-state index in [1.165, 1.54) is 39.0 Å². The third-order valence-corrected chi connectivity index (χ3v) is 3.57. The summed E-state index contributed by atoms with van der Waals surface area (Å²) >= 11 is 0. The molecule has 2 aliphatic heterocycles. The first-order valence-electron chi connectivity index (χ1n) is 6.26. The molecule has 0 atom stereocenters. The second-order valence-electron chi connectivity index (χ2n) is 5.24. The first-order chi connectivity index (χ1) is 7.24. The minimum Gasteiger partial charge on any atom is -0.377 e. The summed E-state index contributed by atoms with van der Waals surface area (Å²) in [7, 11) is 2.19. The van der Waals surface area contributed by atoms with E-state index < -0.39 is 0 Å². The average Bonchev–Trinajstić information content (AvgIpc) is 2.18. The molecular weight excluding hydrogens is 188 g/mol. The number of piperidine rings is 1. The highest BCUT2D eigenvalue weighted by atomic mass is 16.5. The molecule has 0 aliphatic carbocycles. The van der Waals surface area contributed by atoms with Crippen LogP contribution in [0.2, 0.25) is 0 Å². The smallest absolute Gasteiger partial charge is 0.0600 e. The average molecular weight is 212 g/mol. The molecular formula is C12H24N2O. The molecule has 3 nitrogen and oxygen atoms in total. The van der Waals surface area contributed by atoms with Gasteiger partial charge in [0.15, 0.2) is 0 Å². The predicted octanol–water partition coefficient (Wildman–Crippen LogP) is 1.05. The summed E-state index contributed by atoms with van der Waals surface area (Å²) < 4.78 is 5.90. The molecule has 88 valence electrons. The zero-order valence-electron chi connectivity index (χ0n) is 10.1. The fourth-order valence-corrected chi connectivity index (χ4v) is 2.51. The lowest BCUT2D eigenvalue weighted by atomic mass is 10.0. The lowest BCUT2D eigenvalue weighted by molar-refractivity contribution is -0.0112. The molecule has 0 aromatic heterocycles. The van der Waals surface area contributed by atoms with Crippen LogP contribution in [-0.2, 0) is 4.74 Å². The van der Waals surface area contributed by atoms with Crippen molar-refractivity contribution in [3.8, 4) is 0 Å². The lowest BCUT2D eigenvalue weighted by Crippen LogP contribution is -2.47. The Bertz CT molecular complexity index is 184. The Labute approximate surface area is 93.4 Å². The molecule has 2 fully saturated rings. The number of nitrogens with zero attached hydrogens (tertiary/aromatic N) is 2. The summed E-state index contributed by atoms with van der Waals surface area (Å²) in [5.41, 5.74) is 0. The van der Waals surface area contributed by atoms with Gasteiger partial charge in [0.05, 0.1) is 12.7 Å². The quantitative estimate of drug-likeness (QED) is 0.693. The zero-order valence-corrected chi connectivity index (χ0v) is 10.1. The summed E-state index contributed by atoms with van der Waals surface area (Å²) in [6, 6.07) is 0. The number of likely N-dealkylation sites (tertiary alicyclic amines) is 2. The van der Waals surface area contributed by atoms with Gasteiger partial charge in [-0.1, -0.05) is 6.92 Å². The highest BCUT2D eigenvalue weighted by Crippen LogP contribution is 2.15. The van der Waals surface area contributed by atoms with Gasteiger partial charge in [-0.25, -0.2) is 0 Å². The Morgan fingerprint density at radius 3 is 2.47 bits per heavy atom. The van der Waals surface area contributed by atoms with E-state index >= 15 is 0 Å². The monoisotopic (exact) mass is 212 g/mol. The fourth-order valence-electron chi connectivity index (χ4n) is 2.51. The van der Waals surface area contributed by atoms with Crippen molar-refractivity contribution in [2.24, 2.45) is 5.92 Å². The van der Waals surface area contributed by atoms with Gasteiger partial charge in [0.2, 0.25) is 0 Å². The molecule has 0 spiro atoms. The van der Waals surface area contributed by atoms with Gasteiger partial charge in [0, 0.05) is 32.7 Å². The molecule has 0 N–H and O–H groups in total. The van der Waals surface area contributed by atoms with E-state index in [1.54, 1.807) is 0 Å². The molecule has 2 rings (SSSR count). The van der Waals surface area contributed by atoms with Crippen molar-refractivity contribution >= 4 is 0 Å². The van der Waals surface area contributed by atoms with Gasteiger partial charge in [0.25, 0.3) is 0 Å². The van der Waals surface area contributed by atoms with Crippen LogP contribution in [0.1, 0.15) is 19.8 Å². The maximum absolute atomic E-state index is 5.90. The predicted molar refractivity (Wildman–Crippen MR) is 62.1 cm³/mol. The maximum Gasteiger partial charge on any atom is 0.0600 e. The molecule has 0 saturated carbocycles. The van der Waals surface area contributed by atoms with Gasteiger partial charge in [0.1, 0.15) is 0 Å². The van der Waals surface area contributed by atoms with Crippen LogP contribution >= 0.6 is 0 Å². The van der Waals surface area contributed by atoms with Gasteiger partial charge in [-0.2, -0.15) is 0 Å². The van der Waals surface area contributed by atoms with Crippen LogP contribution < -0.4 is 0 Å². The number of ether oxygens (including phenoxy) is 1. The normalized spacial score (nSPS) is 26.8. The standard InChI is InChI=1S/C12H24N2O/c1-11-9-14(10-11)7-8-15-12-3-5-13(2)6-4-12/h11-12H,3-10H2,1-2H3. The van der Waals surface area contributed by atoms with E-state index in [0.29, 0.717) is 6.10 Å². The van der Waals surface area contributed by atoms with Crippen LogP contribution in [0, 0.1) is 5.92 Å². The second-order valence-corrected chi connectivity index (χ2v) is 5.24. The molecule has 15 heavy (non-hydrogen) atoms. The van der Waals surface area contributed by atoms with Crippen LogP contribution in [0.15, 0.2) is 0 Å². The molecule has 3 heteroatoms. The molecule has 2 aliphatic rings. The lowest BCUT2D eigenvalue weighted by Gasteiger charge is -2.37.